The third-order valence-electron chi connectivity index (χ3n) is 2.87. The second-order valence-corrected chi connectivity index (χ2v) is 4.15. The number of benzene rings is 1. The highest BCUT2D eigenvalue weighted by atomic mass is 16.5. The average Bonchev–Trinajstić information content (AvgIpc) is 2.85. The van der Waals surface area contributed by atoms with E-state index in [1.165, 1.54) is 0 Å². The van der Waals surface area contributed by atoms with E-state index in [1.54, 1.807) is 10.9 Å². The van der Waals surface area contributed by atoms with E-state index in [1.807, 2.05) is 25.2 Å². The van der Waals surface area contributed by atoms with Crippen LogP contribution in [0.5, 0.6) is 5.75 Å². The second kappa shape index (κ2) is 3.69. The van der Waals surface area contributed by atoms with Crippen LogP contribution in [0.1, 0.15) is 11.6 Å². The molecule has 3 rings (SSSR count). The fraction of sp³-hybridized carbons (Fsp3) is 0.250. The molecule has 1 aromatic carbocycles. The van der Waals surface area contributed by atoms with Gasteiger partial charge in [0.25, 0.3) is 0 Å². The third-order valence-corrected chi connectivity index (χ3v) is 2.87. The lowest BCUT2D eigenvalue weighted by Gasteiger charge is -2.10. The van der Waals surface area contributed by atoms with E-state index >= 15 is 0 Å². The van der Waals surface area contributed by atoms with Gasteiger partial charge in [-0.1, -0.05) is 18.2 Å². The Kier molecular flexibility index (Phi) is 2.18. The van der Waals surface area contributed by atoms with Gasteiger partial charge in [0, 0.05) is 18.8 Å². The van der Waals surface area contributed by atoms with Gasteiger partial charge in [0.05, 0.1) is 11.7 Å². The Bertz CT molecular complexity index is 549. The van der Waals surface area contributed by atoms with E-state index in [9.17, 15) is 0 Å². The molecule has 1 aliphatic heterocycles. The Morgan fingerprint density at radius 3 is 3.06 bits per heavy atom. The van der Waals surface area contributed by atoms with E-state index in [0.29, 0.717) is 18.1 Å². The van der Waals surface area contributed by atoms with E-state index < -0.39 is 0 Å². The predicted octanol–water partition coefficient (Wildman–Crippen LogP) is 1.55. The SMILES string of the molecule is Cn1cc(N)c(NC2COc3ccccc32)n1. The van der Waals surface area contributed by atoms with E-state index in [4.69, 9.17) is 10.5 Å². The highest BCUT2D eigenvalue weighted by Gasteiger charge is 2.24. The molecule has 0 radical (unpaired) electrons. The van der Waals surface area contributed by atoms with Gasteiger partial charge < -0.3 is 15.8 Å². The molecule has 3 N–H and O–H groups in total. The van der Waals surface area contributed by atoms with Crippen LogP contribution in [0.2, 0.25) is 0 Å². The van der Waals surface area contributed by atoms with Crippen LogP contribution in [0.3, 0.4) is 0 Å². The number of para-hydroxylation sites is 1. The van der Waals surface area contributed by atoms with Crippen molar-refractivity contribution in [3.05, 3.63) is 36.0 Å². The molecule has 1 aromatic heterocycles. The lowest BCUT2D eigenvalue weighted by atomic mass is 10.1. The lowest BCUT2D eigenvalue weighted by molar-refractivity contribution is 0.339. The summed E-state index contributed by atoms with van der Waals surface area (Å²) in [6.07, 6.45) is 1.78. The van der Waals surface area contributed by atoms with Gasteiger partial charge in [-0.15, -0.1) is 0 Å². The Morgan fingerprint density at radius 1 is 1.47 bits per heavy atom. The fourth-order valence-electron chi connectivity index (χ4n) is 2.07. The molecule has 0 saturated carbocycles. The van der Waals surface area contributed by atoms with Crippen LogP contribution >= 0.6 is 0 Å². The molecule has 0 spiro atoms. The van der Waals surface area contributed by atoms with Gasteiger partial charge in [0.2, 0.25) is 0 Å². The van der Waals surface area contributed by atoms with Crippen molar-refractivity contribution in [2.24, 2.45) is 7.05 Å². The maximum atomic E-state index is 5.85. The van der Waals surface area contributed by atoms with Crippen molar-refractivity contribution in [1.82, 2.24) is 9.78 Å². The number of anilines is 2. The molecular weight excluding hydrogens is 216 g/mol. The van der Waals surface area contributed by atoms with Gasteiger partial charge in [0.1, 0.15) is 12.4 Å². The summed E-state index contributed by atoms with van der Waals surface area (Å²) in [4.78, 5) is 0. The zero-order chi connectivity index (χ0) is 11.8. The van der Waals surface area contributed by atoms with Crippen molar-refractivity contribution in [2.45, 2.75) is 6.04 Å². The number of hydrogen-bond donors (Lipinski definition) is 2. The number of hydrogen-bond acceptors (Lipinski definition) is 4. The summed E-state index contributed by atoms with van der Waals surface area (Å²) in [5, 5.41) is 7.58. The number of aryl methyl sites for hydroxylation is 1. The van der Waals surface area contributed by atoms with Crippen molar-refractivity contribution < 1.29 is 4.74 Å². The van der Waals surface area contributed by atoms with Crippen molar-refractivity contribution in [3.8, 4) is 5.75 Å². The molecule has 0 aliphatic carbocycles. The van der Waals surface area contributed by atoms with Crippen LogP contribution in [-0.4, -0.2) is 16.4 Å². The largest absolute Gasteiger partial charge is 0.491 e. The number of rotatable bonds is 2. The maximum absolute atomic E-state index is 5.85. The number of fused-ring (bicyclic) bond motifs is 1. The average molecular weight is 230 g/mol. The molecular formula is C12H14N4O. The molecule has 88 valence electrons. The van der Waals surface area contributed by atoms with E-state index in [2.05, 4.69) is 16.5 Å². The molecule has 1 atom stereocenters. The number of nitrogens with one attached hydrogen (secondary N) is 1. The highest BCUT2D eigenvalue weighted by molar-refractivity contribution is 5.61. The number of nitrogen functional groups attached to an aromatic ring is 1. The van der Waals surface area contributed by atoms with Gasteiger partial charge in [-0.05, 0) is 6.07 Å². The Balaban J connectivity index is 1.86. The smallest absolute Gasteiger partial charge is 0.171 e. The molecule has 0 fully saturated rings. The zero-order valence-corrected chi connectivity index (χ0v) is 9.55. The van der Waals surface area contributed by atoms with Crippen molar-refractivity contribution in [1.29, 1.82) is 0 Å². The summed E-state index contributed by atoms with van der Waals surface area (Å²) < 4.78 is 7.29. The first-order valence-corrected chi connectivity index (χ1v) is 5.51. The summed E-state index contributed by atoms with van der Waals surface area (Å²) in [5.74, 6) is 1.64. The monoisotopic (exact) mass is 230 g/mol. The summed E-state index contributed by atoms with van der Waals surface area (Å²) in [6, 6.07) is 8.11. The summed E-state index contributed by atoms with van der Waals surface area (Å²) in [5.41, 5.74) is 7.65. The van der Waals surface area contributed by atoms with Gasteiger partial charge in [-0.2, -0.15) is 5.10 Å². The van der Waals surface area contributed by atoms with Crippen LogP contribution in [0.25, 0.3) is 0 Å². The zero-order valence-electron chi connectivity index (χ0n) is 9.55. The van der Waals surface area contributed by atoms with Gasteiger partial charge in [-0.25, -0.2) is 0 Å². The summed E-state index contributed by atoms with van der Waals surface area (Å²) in [6.45, 7) is 0.607. The van der Waals surface area contributed by atoms with Gasteiger partial charge in [-0.3, -0.25) is 4.68 Å². The first kappa shape index (κ1) is 10.0. The number of nitrogens with zero attached hydrogens (tertiary/aromatic N) is 2. The quantitative estimate of drug-likeness (QED) is 0.821. The van der Waals surface area contributed by atoms with Crippen molar-refractivity contribution in [3.63, 3.8) is 0 Å². The Morgan fingerprint density at radius 2 is 2.29 bits per heavy atom. The minimum Gasteiger partial charge on any atom is -0.491 e. The van der Waals surface area contributed by atoms with Crippen LogP contribution in [0.4, 0.5) is 11.5 Å². The standard InChI is InChI=1S/C12H14N4O/c1-16-6-9(13)12(15-16)14-10-7-17-11-5-3-2-4-8(10)11/h2-6,10H,7,13H2,1H3,(H,14,15). The Hall–Kier alpha value is -2.17. The van der Waals surface area contributed by atoms with Gasteiger partial charge >= 0.3 is 0 Å². The molecule has 2 heterocycles. The topological polar surface area (TPSA) is 65.1 Å². The number of nitrogens with two attached hydrogens (primary N) is 1. The highest BCUT2D eigenvalue weighted by Crippen LogP contribution is 2.34. The minimum atomic E-state index is 0.114. The third kappa shape index (κ3) is 1.69. The van der Waals surface area contributed by atoms with E-state index in [-0.39, 0.29) is 6.04 Å². The number of ether oxygens (including phenoxy) is 1. The Labute approximate surface area is 99.2 Å². The van der Waals surface area contributed by atoms with Crippen molar-refractivity contribution in [2.75, 3.05) is 17.7 Å². The van der Waals surface area contributed by atoms with Crippen LogP contribution in [0, 0.1) is 0 Å². The molecule has 1 unspecified atom stereocenters. The summed E-state index contributed by atoms with van der Waals surface area (Å²) in [7, 11) is 1.85. The molecule has 1 aliphatic rings. The molecule has 5 nitrogen and oxygen atoms in total. The van der Waals surface area contributed by atoms with E-state index in [0.717, 1.165) is 11.3 Å². The van der Waals surface area contributed by atoms with Crippen LogP contribution in [-0.2, 0) is 7.05 Å². The molecule has 0 bridgehead atoms. The second-order valence-electron chi connectivity index (χ2n) is 4.15. The van der Waals surface area contributed by atoms with Crippen LogP contribution < -0.4 is 15.8 Å². The lowest BCUT2D eigenvalue weighted by Crippen LogP contribution is -2.13. The minimum absolute atomic E-state index is 0.114. The summed E-state index contributed by atoms with van der Waals surface area (Å²) >= 11 is 0. The molecule has 5 heteroatoms. The number of aromatic nitrogens is 2. The molecule has 0 amide bonds. The first-order chi connectivity index (χ1) is 8.24. The molecule has 0 saturated heterocycles. The first-order valence-electron chi connectivity index (χ1n) is 5.51. The molecule has 2 aromatic rings. The molecule has 17 heavy (non-hydrogen) atoms. The normalized spacial score (nSPS) is 17.6. The van der Waals surface area contributed by atoms with Crippen molar-refractivity contribution >= 4 is 11.5 Å². The fourth-order valence-corrected chi connectivity index (χ4v) is 2.07. The predicted molar refractivity (Wildman–Crippen MR) is 65.9 cm³/mol. The van der Waals surface area contributed by atoms with Crippen LogP contribution in [0.15, 0.2) is 30.5 Å². The van der Waals surface area contributed by atoms with Gasteiger partial charge in [0.15, 0.2) is 5.82 Å². The maximum Gasteiger partial charge on any atom is 0.171 e.